The van der Waals surface area contributed by atoms with Crippen molar-refractivity contribution in [1.82, 2.24) is 4.98 Å². The van der Waals surface area contributed by atoms with Crippen LogP contribution in [0.2, 0.25) is 5.15 Å². The van der Waals surface area contributed by atoms with Crippen molar-refractivity contribution in [3.63, 3.8) is 0 Å². The van der Waals surface area contributed by atoms with Crippen molar-refractivity contribution in [3.05, 3.63) is 23.0 Å². The minimum atomic E-state index is -0.350. The third kappa shape index (κ3) is 2.31. The molecule has 0 saturated carbocycles. The molecule has 1 rings (SSSR count). The summed E-state index contributed by atoms with van der Waals surface area (Å²) < 4.78 is 0. The summed E-state index contributed by atoms with van der Waals surface area (Å²) in [5, 5.41) is 8.67. The van der Waals surface area contributed by atoms with Crippen LogP contribution in [0.3, 0.4) is 0 Å². The molecule has 0 aliphatic carbocycles. The number of nitrogens with two attached hydrogens (primary N) is 2. The highest BCUT2D eigenvalue weighted by atomic mass is 35.5. The van der Waals surface area contributed by atoms with Crippen LogP contribution in [0.4, 0.5) is 5.69 Å². The van der Waals surface area contributed by atoms with Crippen LogP contribution in [0.15, 0.2) is 12.3 Å². The van der Waals surface area contributed by atoms with Crippen molar-refractivity contribution in [3.8, 4) is 6.07 Å². The summed E-state index contributed by atoms with van der Waals surface area (Å²) in [6.45, 7) is 0. The zero-order chi connectivity index (χ0) is 9.84. The van der Waals surface area contributed by atoms with Gasteiger partial charge < -0.3 is 11.5 Å². The fourth-order valence-electron chi connectivity index (χ4n) is 0.901. The number of halogens is 1. The van der Waals surface area contributed by atoms with Crippen LogP contribution in [0.25, 0.3) is 0 Å². The summed E-state index contributed by atoms with van der Waals surface area (Å²) in [4.78, 5) is 3.83. The Bertz CT molecular complexity index is 344. The van der Waals surface area contributed by atoms with Gasteiger partial charge in [-0.05, 0) is 11.6 Å². The second-order valence-electron chi connectivity index (χ2n) is 2.62. The van der Waals surface area contributed by atoms with Gasteiger partial charge in [-0.25, -0.2) is 4.98 Å². The van der Waals surface area contributed by atoms with Gasteiger partial charge in [0.05, 0.1) is 18.2 Å². The van der Waals surface area contributed by atoms with E-state index in [1.54, 1.807) is 6.07 Å². The third-order valence-corrected chi connectivity index (χ3v) is 1.94. The Morgan fingerprint density at radius 1 is 1.69 bits per heavy atom. The molecule has 1 heterocycles. The summed E-state index contributed by atoms with van der Waals surface area (Å²) >= 11 is 5.62. The highest BCUT2D eigenvalue weighted by Crippen LogP contribution is 2.20. The molecule has 0 fully saturated rings. The molecule has 68 valence electrons. The van der Waals surface area contributed by atoms with Crippen molar-refractivity contribution in [2.45, 2.75) is 12.5 Å². The van der Waals surface area contributed by atoms with Crippen molar-refractivity contribution in [1.29, 1.82) is 5.26 Å². The van der Waals surface area contributed by atoms with Crippen LogP contribution >= 0.6 is 11.6 Å². The summed E-state index contributed by atoms with van der Waals surface area (Å²) in [5.41, 5.74) is 12.3. The second kappa shape index (κ2) is 4.08. The maximum absolute atomic E-state index is 8.41. The molecule has 0 radical (unpaired) electrons. The number of rotatable bonds is 2. The van der Waals surface area contributed by atoms with Gasteiger partial charge in [-0.15, -0.1) is 0 Å². The predicted octanol–water partition coefficient (Wildman–Crippen LogP) is 1.23. The first-order chi connectivity index (χ1) is 6.15. The standard InChI is InChI=1S/C8H9ClN4/c9-8-7(12)3-5(4-13-8)6(11)1-2-10/h3-4,6H,1,11-12H2/t6-/m1/s1. The van der Waals surface area contributed by atoms with Crippen LogP contribution in [-0.4, -0.2) is 4.98 Å². The molecule has 0 saturated heterocycles. The second-order valence-corrected chi connectivity index (χ2v) is 2.98. The lowest BCUT2D eigenvalue weighted by atomic mass is 10.1. The smallest absolute Gasteiger partial charge is 0.151 e. The first-order valence-electron chi connectivity index (χ1n) is 3.68. The topological polar surface area (TPSA) is 88.7 Å². The molecule has 0 amide bonds. The molecule has 1 aromatic heterocycles. The molecule has 0 bridgehead atoms. The Morgan fingerprint density at radius 2 is 2.38 bits per heavy atom. The SMILES string of the molecule is N#CC[C@@H](N)c1cnc(Cl)c(N)c1. The van der Waals surface area contributed by atoms with E-state index in [9.17, 15) is 0 Å². The Kier molecular flexibility index (Phi) is 3.07. The van der Waals surface area contributed by atoms with Gasteiger partial charge in [0.25, 0.3) is 0 Å². The maximum Gasteiger partial charge on any atom is 0.151 e. The van der Waals surface area contributed by atoms with Crippen molar-refractivity contribution >= 4 is 17.3 Å². The lowest BCUT2D eigenvalue weighted by Gasteiger charge is -2.07. The molecule has 4 N–H and O–H groups in total. The highest BCUT2D eigenvalue weighted by Gasteiger charge is 2.07. The van der Waals surface area contributed by atoms with E-state index < -0.39 is 0 Å². The number of nitrogen functional groups attached to an aromatic ring is 1. The van der Waals surface area contributed by atoms with Gasteiger partial charge in [0, 0.05) is 12.2 Å². The molecule has 4 nitrogen and oxygen atoms in total. The number of aromatic nitrogens is 1. The number of nitriles is 1. The first kappa shape index (κ1) is 9.78. The lowest BCUT2D eigenvalue weighted by molar-refractivity contribution is 0.744. The lowest BCUT2D eigenvalue weighted by Crippen LogP contribution is -2.10. The van der Waals surface area contributed by atoms with E-state index in [2.05, 4.69) is 4.98 Å². The molecule has 1 aromatic rings. The van der Waals surface area contributed by atoms with Crippen LogP contribution in [0.5, 0.6) is 0 Å². The van der Waals surface area contributed by atoms with E-state index in [-0.39, 0.29) is 17.6 Å². The van der Waals surface area contributed by atoms with Crippen molar-refractivity contribution < 1.29 is 0 Å². The molecule has 0 unspecified atom stereocenters. The minimum absolute atomic E-state index is 0.239. The van der Waals surface area contributed by atoms with Gasteiger partial charge in [-0.3, -0.25) is 0 Å². The van der Waals surface area contributed by atoms with Gasteiger partial charge >= 0.3 is 0 Å². The number of pyridine rings is 1. The Hall–Kier alpha value is -1.31. The van der Waals surface area contributed by atoms with Crippen LogP contribution in [0.1, 0.15) is 18.0 Å². The van der Waals surface area contributed by atoms with E-state index in [4.69, 9.17) is 28.3 Å². The predicted molar refractivity (Wildman–Crippen MR) is 50.8 cm³/mol. The normalized spacial score (nSPS) is 12.1. The van der Waals surface area contributed by atoms with Crippen LogP contribution in [0, 0.1) is 11.3 Å². The highest BCUT2D eigenvalue weighted by molar-refractivity contribution is 6.31. The summed E-state index contributed by atoms with van der Waals surface area (Å²) in [7, 11) is 0. The van der Waals surface area contributed by atoms with Crippen LogP contribution < -0.4 is 11.5 Å². The fourth-order valence-corrected chi connectivity index (χ4v) is 1.00. The number of hydrogen-bond acceptors (Lipinski definition) is 4. The zero-order valence-electron chi connectivity index (χ0n) is 6.87. The molecule has 13 heavy (non-hydrogen) atoms. The van der Waals surface area contributed by atoms with E-state index in [0.717, 1.165) is 5.56 Å². The van der Waals surface area contributed by atoms with Crippen LogP contribution in [-0.2, 0) is 0 Å². The molecule has 0 aliphatic rings. The fraction of sp³-hybridized carbons (Fsp3) is 0.250. The van der Waals surface area contributed by atoms with Crippen molar-refractivity contribution in [2.75, 3.05) is 5.73 Å². The average molecular weight is 197 g/mol. The summed E-state index contributed by atoms with van der Waals surface area (Å²) in [5.74, 6) is 0. The molecule has 0 spiro atoms. The number of nitrogens with zero attached hydrogens (tertiary/aromatic N) is 2. The van der Waals surface area contributed by atoms with Gasteiger partial charge in [0.1, 0.15) is 0 Å². The average Bonchev–Trinajstić information content (AvgIpc) is 2.10. The van der Waals surface area contributed by atoms with Gasteiger partial charge in [-0.1, -0.05) is 11.6 Å². The number of anilines is 1. The molecular weight excluding hydrogens is 188 g/mol. The van der Waals surface area contributed by atoms with Gasteiger partial charge in [0.15, 0.2) is 5.15 Å². The first-order valence-corrected chi connectivity index (χ1v) is 4.06. The van der Waals surface area contributed by atoms with Gasteiger partial charge in [-0.2, -0.15) is 5.26 Å². The van der Waals surface area contributed by atoms with E-state index >= 15 is 0 Å². The number of hydrogen-bond donors (Lipinski definition) is 2. The van der Waals surface area contributed by atoms with Crippen molar-refractivity contribution in [2.24, 2.45) is 5.73 Å². The van der Waals surface area contributed by atoms with Gasteiger partial charge in [0.2, 0.25) is 0 Å². The third-order valence-electron chi connectivity index (χ3n) is 1.63. The molecule has 0 aliphatic heterocycles. The molecular formula is C8H9ClN4. The molecule has 5 heteroatoms. The maximum atomic E-state index is 8.41. The van der Waals surface area contributed by atoms with E-state index in [1.807, 2.05) is 6.07 Å². The summed E-state index contributed by atoms with van der Waals surface area (Å²) in [6, 6.07) is 3.26. The Morgan fingerprint density at radius 3 is 2.92 bits per heavy atom. The largest absolute Gasteiger partial charge is 0.396 e. The molecule has 1 atom stereocenters. The minimum Gasteiger partial charge on any atom is -0.396 e. The monoisotopic (exact) mass is 196 g/mol. The quantitative estimate of drug-likeness (QED) is 0.697. The molecule has 0 aromatic carbocycles. The van der Waals surface area contributed by atoms with E-state index in [0.29, 0.717) is 5.69 Å². The Labute approximate surface area is 81.1 Å². The summed E-state index contributed by atoms with van der Waals surface area (Å²) in [6.07, 6.45) is 1.77. The van der Waals surface area contributed by atoms with E-state index in [1.165, 1.54) is 6.20 Å². The Balaban J connectivity index is 2.91. The zero-order valence-corrected chi connectivity index (χ0v) is 7.62.